The van der Waals surface area contributed by atoms with E-state index in [1.807, 2.05) is 36.0 Å². The Bertz CT molecular complexity index is 698. The molecule has 1 aliphatic heterocycles. The van der Waals surface area contributed by atoms with Crippen LogP contribution < -0.4 is 5.32 Å². The number of hydrogen-bond acceptors (Lipinski definition) is 4. The first-order valence-corrected chi connectivity index (χ1v) is 11.7. The fraction of sp³-hybridized carbons (Fsp3) is 0.611. The minimum atomic E-state index is -3.36. The average molecular weight is 383 g/mol. The highest BCUT2D eigenvalue weighted by Gasteiger charge is 2.34. The van der Waals surface area contributed by atoms with Crippen LogP contribution in [0, 0.1) is 0 Å². The molecule has 0 radical (unpaired) electrons. The molecule has 3 rings (SSSR count). The molecule has 1 aliphatic carbocycles. The van der Waals surface area contributed by atoms with Crippen LogP contribution in [0.2, 0.25) is 0 Å². The lowest BCUT2D eigenvalue weighted by Gasteiger charge is -2.32. The lowest BCUT2D eigenvalue weighted by Crippen LogP contribution is -2.49. The Morgan fingerprint density at radius 1 is 1.08 bits per heavy atom. The van der Waals surface area contributed by atoms with Crippen molar-refractivity contribution in [3.05, 3.63) is 24.3 Å². The number of amides is 1. The van der Waals surface area contributed by atoms with Crippen LogP contribution in [-0.2, 0) is 14.8 Å². The molecular formula is C18H26N2O3S2. The van der Waals surface area contributed by atoms with Gasteiger partial charge >= 0.3 is 0 Å². The molecule has 1 saturated heterocycles. The van der Waals surface area contributed by atoms with E-state index < -0.39 is 16.1 Å². The van der Waals surface area contributed by atoms with Gasteiger partial charge < -0.3 is 5.32 Å². The van der Waals surface area contributed by atoms with E-state index in [0.717, 1.165) is 18.5 Å². The Morgan fingerprint density at radius 3 is 2.36 bits per heavy atom. The number of thioether (sulfide) groups is 1. The maximum absolute atomic E-state index is 12.6. The monoisotopic (exact) mass is 382 g/mol. The Morgan fingerprint density at radius 2 is 1.72 bits per heavy atom. The molecule has 1 saturated carbocycles. The van der Waals surface area contributed by atoms with Gasteiger partial charge in [0, 0.05) is 22.4 Å². The van der Waals surface area contributed by atoms with E-state index in [2.05, 4.69) is 5.32 Å². The minimum Gasteiger partial charge on any atom is -0.325 e. The Hall–Kier alpha value is -1.05. The minimum absolute atomic E-state index is 0.235. The zero-order valence-electron chi connectivity index (χ0n) is 14.6. The van der Waals surface area contributed by atoms with Crippen molar-refractivity contribution >= 4 is 33.4 Å². The van der Waals surface area contributed by atoms with E-state index in [9.17, 15) is 13.2 Å². The molecule has 1 N–H and O–H groups in total. The summed E-state index contributed by atoms with van der Waals surface area (Å²) in [6.07, 6.45) is 8.65. The summed E-state index contributed by atoms with van der Waals surface area (Å²) in [6.45, 7) is 0.424. The standard InChI is InChI=1S/C18H26N2O3S2/c1-25(22,23)20-13-5-4-8-17(20)18(21)19-14-9-11-16(12-10-14)24-15-6-2-3-7-15/h9-12,15,17H,2-8,13H2,1H3,(H,19,21)/t17-/m1/s1. The maximum atomic E-state index is 12.6. The van der Waals surface area contributed by atoms with Crippen molar-refractivity contribution in [2.24, 2.45) is 0 Å². The molecule has 138 valence electrons. The van der Waals surface area contributed by atoms with Crippen molar-refractivity contribution in [1.29, 1.82) is 0 Å². The zero-order valence-corrected chi connectivity index (χ0v) is 16.2. The highest BCUT2D eigenvalue weighted by atomic mass is 32.2. The molecule has 2 fully saturated rings. The zero-order chi connectivity index (χ0) is 17.9. The van der Waals surface area contributed by atoms with E-state index in [0.29, 0.717) is 18.2 Å². The van der Waals surface area contributed by atoms with Gasteiger partial charge in [-0.25, -0.2) is 8.42 Å². The van der Waals surface area contributed by atoms with Gasteiger partial charge in [-0.2, -0.15) is 4.31 Å². The first-order valence-electron chi connectivity index (χ1n) is 8.98. The Labute approximate surface area is 154 Å². The molecule has 1 aromatic carbocycles. The fourth-order valence-corrected chi connectivity index (χ4v) is 5.98. The van der Waals surface area contributed by atoms with Crippen molar-refractivity contribution in [3.8, 4) is 0 Å². The number of carbonyl (C=O) groups excluding carboxylic acids is 1. The SMILES string of the molecule is CS(=O)(=O)N1CCCC[C@@H]1C(=O)Nc1ccc(SC2CCCC2)cc1. The first-order chi connectivity index (χ1) is 11.9. The third-order valence-electron chi connectivity index (χ3n) is 4.91. The fourth-order valence-electron chi connectivity index (χ4n) is 3.61. The third-order valence-corrected chi connectivity index (χ3v) is 7.55. The maximum Gasteiger partial charge on any atom is 0.242 e. The summed E-state index contributed by atoms with van der Waals surface area (Å²) in [7, 11) is -3.36. The molecular weight excluding hydrogens is 356 g/mol. The van der Waals surface area contributed by atoms with Gasteiger partial charge in [0.25, 0.3) is 0 Å². The number of nitrogens with zero attached hydrogens (tertiary/aromatic N) is 1. The molecule has 0 unspecified atom stereocenters. The van der Waals surface area contributed by atoms with Crippen LogP contribution in [0.5, 0.6) is 0 Å². The Kier molecular flexibility index (Phi) is 6.07. The van der Waals surface area contributed by atoms with Crippen LogP contribution in [0.3, 0.4) is 0 Å². The van der Waals surface area contributed by atoms with E-state index in [1.165, 1.54) is 41.1 Å². The van der Waals surface area contributed by atoms with Gasteiger partial charge in [0.15, 0.2) is 0 Å². The van der Waals surface area contributed by atoms with E-state index >= 15 is 0 Å². The largest absolute Gasteiger partial charge is 0.325 e. The average Bonchev–Trinajstić information content (AvgIpc) is 3.09. The summed E-state index contributed by atoms with van der Waals surface area (Å²) in [6, 6.07) is 7.28. The topological polar surface area (TPSA) is 66.5 Å². The predicted molar refractivity (Wildman–Crippen MR) is 102 cm³/mol. The van der Waals surface area contributed by atoms with Gasteiger partial charge in [-0.1, -0.05) is 19.3 Å². The number of hydrogen-bond donors (Lipinski definition) is 1. The molecule has 7 heteroatoms. The van der Waals surface area contributed by atoms with Gasteiger partial charge in [0.1, 0.15) is 6.04 Å². The van der Waals surface area contributed by atoms with E-state index in [-0.39, 0.29) is 5.91 Å². The molecule has 0 bridgehead atoms. The van der Waals surface area contributed by atoms with Crippen LogP contribution in [0.25, 0.3) is 0 Å². The highest BCUT2D eigenvalue weighted by Crippen LogP contribution is 2.35. The molecule has 5 nitrogen and oxygen atoms in total. The molecule has 1 atom stereocenters. The van der Waals surface area contributed by atoms with E-state index in [1.54, 1.807) is 0 Å². The number of sulfonamides is 1. The summed E-state index contributed by atoms with van der Waals surface area (Å²) < 4.78 is 25.1. The van der Waals surface area contributed by atoms with Crippen molar-refractivity contribution in [2.75, 3.05) is 18.1 Å². The lowest BCUT2D eigenvalue weighted by atomic mass is 10.0. The summed E-state index contributed by atoms with van der Waals surface area (Å²) in [5, 5.41) is 3.59. The summed E-state index contributed by atoms with van der Waals surface area (Å²) in [4.78, 5) is 13.8. The van der Waals surface area contributed by atoms with Crippen molar-refractivity contribution < 1.29 is 13.2 Å². The summed E-state index contributed by atoms with van der Waals surface area (Å²) in [5.74, 6) is -0.235. The smallest absolute Gasteiger partial charge is 0.242 e. The molecule has 2 aliphatic rings. The number of piperidine rings is 1. The van der Waals surface area contributed by atoms with Gasteiger partial charge in [-0.15, -0.1) is 11.8 Å². The molecule has 1 amide bonds. The normalized spacial score (nSPS) is 22.8. The van der Waals surface area contributed by atoms with Crippen LogP contribution in [0.4, 0.5) is 5.69 Å². The third kappa shape index (κ3) is 4.99. The second-order valence-corrected chi connectivity index (χ2v) is 10.2. The quantitative estimate of drug-likeness (QED) is 0.847. The molecule has 1 heterocycles. The number of benzene rings is 1. The number of nitrogens with one attached hydrogen (secondary N) is 1. The van der Waals surface area contributed by atoms with Crippen LogP contribution in [-0.4, -0.2) is 42.7 Å². The van der Waals surface area contributed by atoms with Gasteiger partial charge in [0.2, 0.25) is 15.9 Å². The van der Waals surface area contributed by atoms with Crippen molar-refractivity contribution in [2.45, 2.75) is 61.1 Å². The molecule has 25 heavy (non-hydrogen) atoms. The van der Waals surface area contributed by atoms with Gasteiger partial charge in [0.05, 0.1) is 6.26 Å². The van der Waals surface area contributed by atoms with Gasteiger partial charge in [-0.05, 0) is 49.9 Å². The second kappa shape index (κ2) is 8.10. The Balaban J connectivity index is 1.61. The van der Waals surface area contributed by atoms with Crippen molar-refractivity contribution in [3.63, 3.8) is 0 Å². The highest BCUT2D eigenvalue weighted by molar-refractivity contribution is 8.00. The van der Waals surface area contributed by atoms with E-state index in [4.69, 9.17) is 0 Å². The lowest BCUT2D eigenvalue weighted by molar-refractivity contribution is -0.120. The van der Waals surface area contributed by atoms with Gasteiger partial charge in [-0.3, -0.25) is 4.79 Å². The van der Waals surface area contributed by atoms with Crippen LogP contribution in [0.1, 0.15) is 44.9 Å². The number of carbonyl (C=O) groups is 1. The second-order valence-electron chi connectivity index (χ2n) is 6.92. The van der Waals surface area contributed by atoms with Crippen molar-refractivity contribution in [1.82, 2.24) is 4.31 Å². The predicted octanol–water partition coefficient (Wildman–Crippen LogP) is 3.47. The van der Waals surface area contributed by atoms with Crippen LogP contribution in [0.15, 0.2) is 29.2 Å². The summed E-state index contributed by atoms with van der Waals surface area (Å²) in [5.41, 5.74) is 0.722. The number of rotatable bonds is 5. The summed E-state index contributed by atoms with van der Waals surface area (Å²) >= 11 is 1.91. The molecule has 0 aromatic heterocycles. The number of anilines is 1. The molecule has 0 spiro atoms. The van der Waals surface area contributed by atoms with Crippen LogP contribution >= 0.6 is 11.8 Å². The first kappa shape index (κ1) is 18.7. The molecule has 1 aromatic rings.